The molecule has 0 amide bonds. The molecule has 4 aromatic rings. The molecule has 0 fully saturated rings. The second kappa shape index (κ2) is 7.03. The van der Waals surface area contributed by atoms with Gasteiger partial charge < -0.3 is 14.6 Å². The number of aromatic nitrogens is 4. The fourth-order valence-electron chi connectivity index (χ4n) is 3.22. The van der Waals surface area contributed by atoms with Gasteiger partial charge in [0.25, 0.3) is 0 Å². The molecule has 3 heterocycles. The lowest BCUT2D eigenvalue weighted by Gasteiger charge is -2.23. The number of hydrogen-bond acceptors (Lipinski definition) is 4. The van der Waals surface area contributed by atoms with E-state index in [1.807, 2.05) is 54.7 Å². The number of rotatable bonds is 5. The molecule has 0 aliphatic heterocycles. The van der Waals surface area contributed by atoms with Crippen LogP contribution in [0, 0.1) is 0 Å². The molecule has 6 nitrogen and oxygen atoms in total. The van der Waals surface area contributed by atoms with Crippen molar-refractivity contribution in [2.75, 3.05) is 5.32 Å². The Kier molecular flexibility index (Phi) is 4.55. The van der Waals surface area contributed by atoms with Gasteiger partial charge in [-0.3, -0.25) is 4.40 Å². The standard InChI is InChI=1S/C22H25N5O/c1-22(2,3)28-17-8-9-18(20-6-5-7-21-24-10-11-27(20)21)19(12-17)25-14-16-13-23-15-26(16)4/h5-13,15,25H,14H2,1-4H3. The number of benzene rings is 1. The van der Waals surface area contributed by atoms with E-state index in [0.29, 0.717) is 6.54 Å². The minimum Gasteiger partial charge on any atom is -0.488 e. The number of fused-ring (bicyclic) bond motifs is 1. The first kappa shape index (κ1) is 18.1. The summed E-state index contributed by atoms with van der Waals surface area (Å²) in [6, 6.07) is 12.3. The first-order chi connectivity index (χ1) is 13.4. The largest absolute Gasteiger partial charge is 0.488 e. The average molecular weight is 375 g/mol. The van der Waals surface area contributed by atoms with Crippen LogP contribution >= 0.6 is 0 Å². The summed E-state index contributed by atoms with van der Waals surface area (Å²) < 4.78 is 10.2. The van der Waals surface area contributed by atoms with Gasteiger partial charge in [-0.15, -0.1) is 0 Å². The van der Waals surface area contributed by atoms with Gasteiger partial charge in [0.05, 0.1) is 24.3 Å². The quantitative estimate of drug-likeness (QED) is 0.557. The maximum atomic E-state index is 6.09. The minimum atomic E-state index is -0.259. The first-order valence-electron chi connectivity index (χ1n) is 9.35. The number of nitrogens with one attached hydrogen (secondary N) is 1. The van der Waals surface area contributed by atoms with Gasteiger partial charge in [0, 0.05) is 43.0 Å². The van der Waals surface area contributed by atoms with Crippen LogP contribution in [-0.4, -0.2) is 24.5 Å². The molecule has 0 spiro atoms. The highest BCUT2D eigenvalue weighted by Crippen LogP contribution is 2.33. The Morgan fingerprint density at radius 2 is 2.00 bits per heavy atom. The third-order valence-electron chi connectivity index (χ3n) is 4.50. The Hall–Kier alpha value is -3.28. The van der Waals surface area contributed by atoms with Crippen molar-refractivity contribution in [2.24, 2.45) is 7.05 Å². The monoisotopic (exact) mass is 375 g/mol. The van der Waals surface area contributed by atoms with Gasteiger partial charge >= 0.3 is 0 Å². The topological polar surface area (TPSA) is 56.4 Å². The number of hydrogen-bond donors (Lipinski definition) is 1. The molecule has 0 radical (unpaired) electrons. The zero-order chi connectivity index (χ0) is 19.7. The molecule has 1 aromatic carbocycles. The van der Waals surface area contributed by atoms with Crippen molar-refractivity contribution in [3.05, 3.63) is 67.0 Å². The Morgan fingerprint density at radius 3 is 2.75 bits per heavy atom. The van der Waals surface area contributed by atoms with Crippen LogP contribution in [0.2, 0.25) is 0 Å². The average Bonchev–Trinajstić information content (AvgIpc) is 3.27. The summed E-state index contributed by atoms with van der Waals surface area (Å²) in [6.07, 6.45) is 7.48. The maximum absolute atomic E-state index is 6.09. The van der Waals surface area contributed by atoms with Crippen LogP contribution in [0.3, 0.4) is 0 Å². The van der Waals surface area contributed by atoms with Gasteiger partial charge in [0.1, 0.15) is 17.0 Å². The molecule has 0 atom stereocenters. The lowest BCUT2D eigenvalue weighted by atomic mass is 10.1. The van der Waals surface area contributed by atoms with Crippen molar-refractivity contribution in [2.45, 2.75) is 32.9 Å². The molecule has 1 N–H and O–H groups in total. The van der Waals surface area contributed by atoms with E-state index < -0.39 is 0 Å². The summed E-state index contributed by atoms with van der Waals surface area (Å²) in [7, 11) is 2.00. The van der Waals surface area contributed by atoms with Crippen molar-refractivity contribution in [1.82, 2.24) is 18.9 Å². The normalized spacial score (nSPS) is 11.7. The van der Waals surface area contributed by atoms with Crippen LogP contribution in [0.1, 0.15) is 26.5 Å². The van der Waals surface area contributed by atoms with E-state index in [-0.39, 0.29) is 5.60 Å². The van der Waals surface area contributed by atoms with Crippen molar-refractivity contribution < 1.29 is 4.74 Å². The number of pyridine rings is 1. The molecule has 4 rings (SSSR count). The van der Waals surface area contributed by atoms with E-state index in [4.69, 9.17) is 4.74 Å². The first-order valence-corrected chi connectivity index (χ1v) is 9.35. The van der Waals surface area contributed by atoms with Crippen LogP contribution in [-0.2, 0) is 13.6 Å². The second-order valence-corrected chi connectivity index (χ2v) is 7.84. The van der Waals surface area contributed by atoms with Crippen molar-refractivity contribution in [3.63, 3.8) is 0 Å². The summed E-state index contributed by atoms with van der Waals surface area (Å²) in [6.45, 7) is 6.82. The van der Waals surface area contributed by atoms with E-state index >= 15 is 0 Å². The highest BCUT2D eigenvalue weighted by atomic mass is 16.5. The Morgan fingerprint density at radius 1 is 1.14 bits per heavy atom. The lowest BCUT2D eigenvalue weighted by Crippen LogP contribution is -2.23. The molecule has 28 heavy (non-hydrogen) atoms. The predicted molar refractivity (Wildman–Crippen MR) is 112 cm³/mol. The predicted octanol–water partition coefficient (Wildman–Crippen LogP) is 4.52. The van der Waals surface area contributed by atoms with Crippen LogP contribution in [0.25, 0.3) is 16.9 Å². The number of ether oxygens (including phenoxy) is 1. The van der Waals surface area contributed by atoms with Gasteiger partial charge in [-0.1, -0.05) is 6.07 Å². The molecular weight excluding hydrogens is 350 g/mol. The van der Waals surface area contributed by atoms with Crippen molar-refractivity contribution in [3.8, 4) is 17.0 Å². The molecule has 144 valence electrons. The second-order valence-electron chi connectivity index (χ2n) is 7.84. The van der Waals surface area contributed by atoms with Gasteiger partial charge in [-0.25, -0.2) is 9.97 Å². The Labute approximate surface area is 164 Å². The summed E-state index contributed by atoms with van der Waals surface area (Å²) in [5.41, 5.74) is 4.94. The van der Waals surface area contributed by atoms with Crippen molar-refractivity contribution in [1.29, 1.82) is 0 Å². The Bertz CT molecular complexity index is 1100. The van der Waals surface area contributed by atoms with Gasteiger partial charge in [-0.2, -0.15) is 0 Å². The van der Waals surface area contributed by atoms with E-state index in [9.17, 15) is 0 Å². The van der Waals surface area contributed by atoms with Crippen molar-refractivity contribution >= 4 is 11.3 Å². The van der Waals surface area contributed by atoms with Crippen LogP contribution in [0.4, 0.5) is 5.69 Å². The summed E-state index contributed by atoms with van der Waals surface area (Å²) in [4.78, 5) is 8.61. The molecule has 0 aliphatic carbocycles. The fourth-order valence-corrected chi connectivity index (χ4v) is 3.22. The molecule has 0 saturated carbocycles. The van der Waals surface area contributed by atoms with E-state index in [2.05, 4.69) is 58.7 Å². The lowest BCUT2D eigenvalue weighted by molar-refractivity contribution is 0.131. The van der Waals surface area contributed by atoms with Crippen LogP contribution in [0.5, 0.6) is 5.75 Å². The highest BCUT2D eigenvalue weighted by Gasteiger charge is 2.15. The molecule has 0 bridgehead atoms. The minimum absolute atomic E-state index is 0.259. The summed E-state index contributed by atoms with van der Waals surface area (Å²) in [5, 5.41) is 3.56. The van der Waals surface area contributed by atoms with E-state index in [0.717, 1.165) is 34.0 Å². The highest BCUT2D eigenvalue weighted by molar-refractivity contribution is 5.78. The van der Waals surface area contributed by atoms with Gasteiger partial charge in [0.15, 0.2) is 0 Å². The molecule has 0 aliphatic rings. The fraction of sp³-hybridized carbons (Fsp3) is 0.273. The van der Waals surface area contributed by atoms with Gasteiger partial charge in [0.2, 0.25) is 0 Å². The van der Waals surface area contributed by atoms with E-state index in [1.165, 1.54) is 0 Å². The SMILES string of the molecule is Cn1cncc1CNc1cc(OC(C)(C)C)ccc1-c1cccc2nccn12. The number of aryl methyl sites for hydroxylation is 1. The molecule has 0 saturated heterocycles. The summed E-state index contributed by atoms with van der Waals surface area (Å²) in [5.74, 6) is 0.835. The summed E-state index contributed by atoms with van der Waals surface area (Å²) >= 11 is 0. The number of imidazole rings is 2. The molecule has 6 heteroatoms. The maximum Gasteiger partial charge on any atom is 0.137 e. The van der Waals surface area contributed by atoms with Crippen LogP contribution < -0.4 is 10.1 Å². The molecular formula is C22H25N5O. The van der Waals surface area contributed by atoms with E-state index in [1.54, 1.807) is 0 Å². The molecule has 0 unspecified atom stereocenters. The van der Waals surface area contributed by atoms with Crippen LogP contribution in [0.15, 0.2) is 61.3 Å². The third kappa shape index (κ3) is 3.71. The van der Waals surface area contributed by atoms with Gasteiger partial charge in [-0.05, 0) is 45.0 Å². The number of anilines is 1. The zero-order valence-corrected chi connectivity index (χ0v) is 16.7. The zero-order valence-electron chi connectivity index (χ0n) is 16.7. The molecule has 3 aromatic heterocycles. The Balaban J connectivity index is 1.76. The third-order valence-corrected chi connectivity index (χ3v) is 4.50. The number of nitrogens with zero attached hydrogens (tertiary/aromatic N) is 4. The smallest absolute Gasteiger partial charge is 0.137 e.